The molecule has 2 aromatic carbocycles. The molecule has 1 heterocycles. The SMILES string of the molecule is Cc1ccc2nc(NC(=O)CNC(=O)COc3ccccc3)sc2c1. The van der Waals surface area contributed by atoms with Gasteiger partial charge in [0.15, 0.2) is 11.7 Å². The van der Waals surface area contributed by atoms with Crippen LogP contribution in [0.25, 0.3) is 10.2 Å². The number of fused-ring (bicyclic) bond motifs is 1. The molecular formula is C18H17N3O3S. The van der Waals surface area contributed by atoms with Crippen LogP contribution < -0.4 is 15.4 Å². The first kappa shape index (κ1) is 16.9. The third-order valence-electron chi connectivity index (χ3n) is 3.35. The molecule has 0 radical (unpaired) electrons. The van der Waals surface area contributed by atoms with Crippen LogP contribution in [-0.2, 0) is 9.59 Å². The van der Waals surface area contributed by atoms with Crippen molar-refractivity contribution in [3.8, 4) is 5.75 Å². The maximum Gasteiger partial charge on any atom is 0.258 e. The van der Waals surface area contributed by atoms with Crippen molar-refractivity contribution in [2.75, 3.05) is 18.5 Å². The van der Waals surface area contributed by atoms with Crippen LogP contribution in [0.3, 0.4) is 0 Å². The van der Waals surface area contributed by atoms with E-state index in [-0.39, 0.29) is 25.0 Å². The molecule has 0 spiro atoms. The first-order valence-corrected chi connectivity index (χ1v) is 8.53. The summed E-state index contributed by atoms with van der Waals surface area (Å²) in [6.45, 7) is 1.73. The van der Waals surface area contributed by atoms with Gasteiger partial charge in [-0.15, -0.1) is 0 Å². The second-order valence-electron chi connectivity index (χ2n) is 5.42. The van der Waals surface area contributed by atoms with Gasteiger partial charge in [-0.25, -0.2) is 4.98 Å². The molecular weight excluding hydrogens is 338 g/mol. The zero-order chi connectivity index (χ0) is 17.6. The van der Waals surface area contributed by atoms with Crippen LogP contribution >= 0.6 is 11.3 Å². The number of nitrogens with zero attached hydrogens (tertiary/aromatic N) is 1. The maximum absolute atomic E-state index is 11.9. The summed E-state index contributed by atoms with van der Waals surface area (Å²) in [4.78, 5) is 28.0. The summed E-state index contributed by atoms with van der Waals surface area (Å²) in [6.07, 6.45) is 0. The molecule has 0 unspecified atom stereocenters. The average molecular weight is 355 g/mol. The lowest BCUT2D eigenvalue weighted by molar-refractivity contribution is -0.125. The molecule has 0 aliphatic rings. The first-order chi connectivity index (χ1) is 12.1. The van der Waals surface area contributed by atoms with E-state index in [0.29, 0.717) is 10.9 Å². The number of aryl methyl sites for hydroxylation is 1. The highest BCUT2D eigenvalue weighted by Crippen LogP contribution is 2.26. The Kier molecular flexibility index (Phi) is 5.25. The summed E-state index contributed by atoms with van der Waals surface area (Å²) < 4.78 is 6.33. The quantitative estimate of drug-likeness (QED) is 0.712. The van der Waals surface area contributed by atoms with Crippen molar-refractivity contribution in [1.82, 2.24) is 10.3 Å². The monoisotopic (exact) mass is 355 g/mol. The van der Waals surface area contributed by atoms with Crippen LogP contribution in [0.1, 0.15) is 5.56 Å². The van der Waals surface area contributed by atoms with Gasteiger partial charge in [-0.1, -0.05) is 35.6 Å². The number of para-hydroxylation sites is 1. The van der Waals surface area contributed by atoms with Gasteiger partial charge >= 0.3 is 0 Å². The molecule has 0 saturated carbocycles. The first-order valence-electron chi connectivity index (χ1n) is 7.72. The van der Waals surface area contributed by atoms with Crippen molar-refractivity contribution >= 4 is 38.5 Å². The van der Waals surface area contributed by atoms with Crippen LogP contribution in [0.15, 0.2) is 48.5 Å². The third-order valence-corrected chi connectivity index (χ3v) is 4.28. The molecule has 3 rings (SSSR count). The van der Waals surface area contributed by atoms with Crippen LogP contribution in [-0.4, -0.2) is 29.9 Å². The second kappa shape index (κ2) is 7.76. The van der Waals surface area contributed by atoms with Gasteiger partial charge in [0.1, 0.15) is 5.75 Å². The van der Waals surface area contributed by atoms with E-state index < -0.39 is 0 Å². The molecule has 0 fully saturated rings. The van der Waals surface area contributed by atoms with Crippen LogP contribution in [0.4, 0.5) is 5.13 Å². The Morgan fingerprint density at radius 3 is 2.72 bits per heavy atom. The fourth-order valence-corrected chi connectivity index (χ4v) is 3.12. The molecule has 3 aromatic rings. The van der Waals surface area contributed by atoms with Gasteiger partial charge in [-0.05, 0) is 36.8 Å². The fourth-order valence-electron chi connectivity index (χ4n) is 2.14. The summed E-state index contributed by atoms with van der Waals surface area (Å²) in [5.41, 5.74) is 1.98. The van der Waals surface area contributed by atoms with Crippen molar-refractivity contribution < 1.29 is 14.3 Å². The van der Waals surface area contributed by atoms with Crippen LogP contribution in [0.2, 0.25) is 0 Å². The molecule has 25 heavy (non-hydrogen) atoms. The van der Waals surface area contributed by atoms with E-state index in [4.69, 9.17) is 4.74 Å². The summed E-state index contributed by atoms with van der Waals surface area (Å²) >= 11 is 1.40. The van der Waals surface area contributed by atoms with Gasteiger partial charge in [0, 0.05) is 0 Å². The predicted molar refractivity (Wildman–Crippen MR) is 97.9 cm³/mol. The van der Waals surface area contributed by atoms with E-state index in [1.54, 1.807) is 12.1 Å². The fraction of sp³-hybridized carbons (Fsp3) is 0.167. The minimum absolute atomic E-state index is 0.133. The Morgan fingerprint density at radius 1 is 1.12 bits per heavy atom. The van der Waals surface area contributed by atoms with Crippen molar-refractivity contribution in [3.63, 3.8) is 0 Å². The number of thiazole rings is 1. The lowest BCUT2D eigenvalue weighted by Crippen LogP contribution is -2.35. The topological polar surface area (TPSA) is 80.3 Å². The van der Waals surface area contributed by atoms with Gasteiger partial charge in [-0.3, -0.25) is 9.59 Å². The Morgan fingerprint density at radius 2 is 1.92 bits per heavy atom. The largest absolute Gasteiger partial charge is 0.484 e. The molecule has 0 bridgehead atoms. The number of carbonyl (C=O) groups is 2. The van der Waals surface area contributed by atoms with Crippen molar-refractivity contribution in [1.29, 1.82) is 0 Å². The minimum Gasteiger partial charge on any atom is -0.484 e. The highest BCUT2D eigenvalue weighted by molar-refractivity contribution is 7.22. The minimum atomic E-state index is -0.362. The number of ether oxygens (including phenoxy) is 1. The number of nitrogens with one attached hydrogen (secondary N) is 2. The summed E-state index contributed by atoms with van der Waals surface area (Å²) in [5.74, 6) is -0.0883. The van der Waals surface area contributed by atoms with Crippen LogP contribution in [0, 0.1) is 6.92 Å². The van der Waals surface area contributed by atoms with E-state index >= 15 is 0 Å². The van der Waals surface area contributed by atoms with E-state index in [9.17, 15) is 9.59 Å². The van der Waals surface area contributed by atoms with Crippen molar-refractivity contribution in [3.05, 3.63) is 54.1 Å². The number of rotatable bonds is 6. The van der Waals surface area contributed by atoms with Crippen LogP contribution in [0.5, 0.6) is 5.75 Å². The number of hydrogen-bond acceptors (Lipinski definition) is 5. The van der Waals surface area contributed by atoms with Gasteiger partial charge in [0.25, 0.3) is 5.91 Å². The predicted octanol–water partition coefficient (Wildman–Crippen LogP) is 2.74. The van der Waals surface area contributed by atoms with Gasteiger partial charge in [0.2, 0.25) is 5.91 Å². The van der Waals surface area contributed by atoms with E-state index in [1.807, 2.05) is 43.3 Å². The number of anilines is 1. The number of carbonyl (C=O) groups excluding carboxylic acids is 2. The highest BCUT2D eigenvalue weighted by Gasteiger charge is 2.10. The Labute approximate surface area is 148 Å². The zero-order valence-electron chi connectivity index (χ0n) is 13.6. The second-order valence-corrected chi connectivity index (χ2v) is 6.45. The Hall–Kier alpha value is -2.93. The number of amides is 2. The molecule has 0 aliphatic carbocycles. The van der Waals surface area contributed by atoms with Crippen molar-refractivity contribution in [2.24, 2.45) is 0 Å². The summed E-state index contributed by atoms with van der Waals surface area (Å²) in [6, 6.07) is 14.9. The lowest BCUT2D eigenvalue weighted by atomic mass is 10.2. The molecule has 6 nitrogen and oxygen atoms in total. The summed E-state index contributed by atoms with van der Waals surface area (Å²) in [5, 5.41) is 5.72. The van der Waals surface area contributed by atoms with Gasteiger partial charge < -0.3 is 15.4 Å². The molecule has 0 aliphatic heterocycles. The number of hydrogen-bond donors (Lipinski definition) is 2. The molecule has 1 aromatic heterocycles. The highest BCUT2D eigenvalue weighted by atomic mass is 32.1. The normalized spacial score (nSPS) is 10.4. The summed E-state index contributed by atoms with van der Waals surface area (Å²) in [7, 11) is 0. The number of benzene rings is 2. The maximum atomic E-state index is 11.9. The van der Waals surface area contributed by atoms with Gasteiger partial charge in [-0.2, -0.15) is 0 Å². The third kappa shape index (κ3) is 4.77. The molecule has 128 valence electrons. The molecule has 7 heteroatoms. The van der Waals surface area contributed by atoms with Gasteiger partial charge in [0.05, 0.1) is 16.8 Å². The molecule has 0 atom stereocenters. The van der Waals surface area contributed by atoms with E-state index in [0.717, 1.165) is 15.8 Å². The standard InChI is InChI=1S/C18H17N3O3S/c1-12-7-8-14-15(9-12)25-18(20-14)21-16(22)10-19-17(23)11-24-13-5-3-2-4-6-13/h2-9H,10-11H2,1H3,(H,19,23)(H,20,21,22). The van der Waals surface area contributed by atoms with E-state index in [2.05, 4.69) is 15.6 Å². The number of aromatic nitrogens is 1. The van der Waals surface area contributed by atoms with Crippen molar-refractivity contribution in [2.45, 2.75) is 6.92 Å². The Bertz CT molecular complexity index is 893. The molecule has 2 N–H and O–H groups in total. The smallest absolute Gasteiger partial charge is 0.258 e. The zero-order valence-corrected chi connectivity index (χ0v) is 14.4. The lowest BCUT2D eigenvalue weighted by Gasteiger charge is -2.07. The Balaban J connectivity index is 1.46. The average Bonchev–Trinajstić information content (AvgIpc) is 3.00. The van der Waals surface area contributed by atoms with E-state index in [1.165, 1.54) is 11.3 Å². The molecule has 0 saturated heterocycles. The molecule has 2 amide bonds.